The Kier molecular flexibility index (Phi) is 0.783. The van der Waals surface area contributed by atoms with Crippen LogP contribution in [-0.4, -0.2) is 0 Å². The Bertz CT molecular complexity index is 428. The first-order chi connectivity index (χ1) is 6.90. The summed E-state index contributed by atoms with van der Waals surface area (Å²) >= 11 is 0. The zero-order valence-corrected chi connectivity index (χ0v) is 8.24. The van der Waals surface area contributed by atoms with Crippen LogP contribution in [0.4, 0.5) is 0 Å². The topological polar surface area (TPSA) is 3.88 Å². The summed E-state index contributed by atoms with van der Waals surface area (Å²) in [4.78, 5) is 0. The van der Waals surface area contributed by atoms with Gasteiger partial charge in [-0.25, -0.2) is 0 Å². The molecule has 0 bridgehead atoms. The molecule has 0 radical (unpaired) electrons. The van der Waals surface area contributed by atoms with Crippen molar-refractivity contribution in [3.05, 3.63) is 29.6 Å². The number of rotatable bonds is 0. The minimum Gasteiger partial charge on any atom is -0.194 e. The largest absolute Gasteiger partial charge is 0.194 e. The smallest absolute Gasteiger partial charge is 0.182 e. The molecule has 2 atom stereocenters. The van der Waals surface area contributed by atoms with E-state index in [2.05, 4.69) is 22.8 Å². The van der Waals surface area contributed by atoms with Gasteiger partial charge in [-0.05, 0) is 18.9 Å². The monoisotopic (exact) mass is 184 g/mol. The van der Waals surface area contributed by atoms with Gasteiger partial charge in [0.05, 0.1) is 0 Å². The zero-order valence-electron chi connectivity index (χ0n) is 8.24. The lowest BCUT2D eigenvalue weighted by molar-refractivity contribution is -0.794. The molecule has 4 aliphatic rings. The first-order valence-corrected chi connectivity index (χ1v) is 5.94. The van der Waals surface area contributed by atoms with E-state index in [1.807, 2.05) is 0 Å². The Morgan fingerprint density at radius 1 is 1.00 bits per heavy atom. The average molecular weight is 184 g/mol. The minimum atomic E-state index is 0.673. The van der Waals surface area contributed by atoms with Gasteiger partial charge < -0.3 is 0 Å². The van der Waals surface area contributed by atoms with Crippen molar-refractivity contribution in [3.8, 4) is 0 Å². The van der Waals surface area contributed by atoms with E-state index >= 15 is 0 Å². The Balaban J connectivity index is 1.92. The van der Waals surface area contributed by atoms with Crippen LogP contribution in [0.15, 0.2) is 18.2 Å². The second kappa shape index (κ2) is 1.66. The van der Waals surface area contributed by atoms with Gasteiger partial charge in [0.25, 0.3) is 0 Å². The van der Waals surface area contributed by atoms with Gasteiger partial charge in [-0.1, -0.05) is 0 Å². The fraction of sp³-hybridized carbons (Fsp3) is 0.615. The van der Waals surface area contributed by atoms with Crippen LogP contribution in [0.5, 0.6) is 0 Å². The lowest BCUT2D eigenvalue weighted by atomic mass is 9.43. The van der Waals surface area contributed by atoms with E-state index in [0.717, 1.165) is 17.8 Å². The van der Waals surface area contributed by atoms with Gasteiger partial charge in [0.15, 0.2) is 16.9 Å². The van der Waals surface area contributed by atoms with Gasteiger partial charge in [0.2, 0.25) is 0 Å². The number of aromatic nitrogens is 1. The van der Waals surface area contributed by atoms with Crippen molar-refractivity contribution >= 4 is 0 Å². The quantitative estimate of drug-likeness (QED) is 0.537. The highest BCUT2D eigenvalue weighted by molar-refractivity contribution is 5.25. The number of nitrogens with zero attached hydrogens (tertiary/aromatic N) is 1. The molecule has 1 aromatic heterocycles. The van der Waals surface area contributed by atoms with Gasteiger partial charge in [-0.15, -0.1) is 0 Å². The highest BCUT2D eigenvalue weighted by atomic mass is 15.2. The van der Waals surface area contributed by atoms with Gasteiger partial charge in [0.1, 0.15) is 0 Å². The van der Waals surface area contributed by atoms with Gasteiger partial charge in [-0.3, -0.25) is 0 Å². The molecule has 1 heteroatoms. The molecule has 14 heavy (non-hydrogen) atoms. The third kappa shape index (κ3) is 0.407. The summed E-state index contributed by atoms with van der Waals surface area (Å²) in [5.41, 5.74) is 3.95. The molecule has 1 aromatic rings. The maximum Gasteiger partial charge on any atom is 0.182 e. The van der Waals surface area contributed by atoms with E-state index in [-0.39, 0.29) is 0 Å². The van der Waals surface area contributed by atoms with Crippen LogP contribution in [0.2, 0.25) is 0 Å². The standard InChI is InChI=1S/C13H14N/c1-2-11-6-9-4-8-5-10-7-12(3-1)14(11)13(8,9)10/h1-3,8-10H,4-7H2/q+1. The molecule has 2 saturated carbocycles. The van der Waals surface area contributed by atoms with Crippen LogP contribution in [-0.2, 0) is 18.4 Å². The fourth-order valence-electron chi connectivity index (χ4n) is 5.18. The molecule has 1 nitrogen and oxygen atoms in total. The summed E-state index contributed by atoms with van der Waals surface area (Å²) in [6, 6.07) is 6.98. The van der Waals surface area contributed by atoms with Crippen LogP contribution < -0.4 is 4.57 Å². The van der Waals surface area contributed by atoms with Crippen LogP contribution in [0, 0.1) is 17.8 Å². The second-order valence-electron chi connectivity index (χ2n) is 5.70. The van der Waals surface area contributed by atoms with E-state index < -0.39 is 0 Å². The van der Waals surface area contributed by atoms with Crippen molar-refractivity contribution in [1.29, 1.82) is 0 Å². The average Bonchev–Trinajstić information content (AvgIpc) is 2.64. The molecule has 5 rings (SSSR count). The Morgan fingerprint density at radius 3 is 2.21 bits per heavy atom. The SMILES string of the molecule is c1cc2[n+]3c(c1)CC1CC4CC(C2)C143. The summed E-state index contributed by atoms with van der Waals surface area (Å²) in [6.07, 6.45) is 5.80. The highest BCUT2D eigenvalue weighted by Gasteiger charge is 2.79. The summed E-state index contributed by atoms with van der Waals surface area (Å²) in [7, 11) is 0. The summed E-state index contributed by atoms with van der Waals surface area (Å²) < 4.78 is 2.75. The van der Waals surface area contributed by atoms with E-state index in [9.17, 15) is 0 Å². The van der Waals surface area contributed by atoms with Gasteiger partial charge >= 0.3 is 0 Å². The van der Waals surface area contributed by atoms with Gasteiger partial charge in [0, 0.05) is 42.7 Å². The summed E-state index contributed by atoms with van der Waals surface area (Å²) in [6.45, 7) is 0. The van der Waals surface area contributed by atoms with Crippen molar-refractivity contribution in [2.45, 2.75) is 31.2 Å². The maximum atomic E-state index is 2.75. The Labute approximate surface area is 83.8 Å². The van der Waals surface area contributed by atoms with Crippen molar-refractivity contribution < 1.29 is 4.57 Å². The molecule has 0 N–H and O–H groups in total. The second-order valence-corrected chi connectivity index (χ2v) is 5.70. The first kappa shape index (κ1) is 6.60. The Morgan fingerprint density at radius 2 is 1.64 bits per heavy atom. The predicted octanol–water partition coefficient (Wildman–Crippen LogP) is 1.44. The number of hydrogen-bond acceptors (Lipinski definition) is 0. The minimum absolute atomic E-state index is 0.673. The fourth-order valence-corrected chi connectivity index (χ4v) is 5.18. The zero-order chi connectivity index (χ0) is 8.91. The first-order valence-electron chi connectivity index (χ1n) is 5.94. The molecule has 2 aliphatic heterocycles. The van der Waals surface area contributed by atoms with E-state index in [1.165, 1.54) is 25.7 Å². The molecule has 0 saturated heterocycles. The molecule has 2 fully saturated rings. The normalized spacial score (nSPS) is 49.3. The van der Waals surface area contributed by atoms with E-state index in [1.54, 1.807) is 11.4 Å². The molecular formula is C13H14N+. The molecule has 70 valence electrons. The number of pyridine rings is 1. The van der Waals surface area contributed by atoms with Crippen LogP contribution in [0.3, 0.4) is 0 Å². The van der Waals surface area contributed by atoms with Crippen molar-refractivity contribution in [2.24, 2.45) is 17.8 Å². The molecule has 1 spiro atoms. The maximum absolute atomic E-state index is 2.75. The third-order valence-corrected chi connectivity index (χ3v) is 5.55. The molecule has 0 amide bonds. The molecule has 3 heterocycles. The van der Waals surface area contributed by atoms with Gasteiger partial charge in [-0.2, -0.15) is 4.57 Å². The van der Waals surface area contributed by atoms with Crippen LogP contribution in [0.1, 0.15) is 24.2 Å². The lowest BCUT2D eigenvalue weighted by Crippen LogP contribution is -2.74. The van der Waals surface area contributed by atoms with E-state index in [0.29, 0.717) is 5.54 Å². The molecule has 2 aliphatic carbocycles. The van der Waals surface area contributed by atoms with Crippen molar-refractivity contribution in [3.63, 3.8) is 0 Å². The summed E-state index contributed by atoms with van der Waals surface area (Å²) in [5, 5.41) is 0. The van der Waals surface area contributed by atoms with Crippen molar-refractivity contribution in [1.82, 2.24) is 0 Å². The van der Waals surface area contributed by atoms with Crippen LogP contribution >= 0.6 is 0 Å². The molecule has 0 aromatic carbocycles. The van der Waals surface area contributed by atoms with Crippen molar-refractivity contribution in [2.75, 3.05) is 0 Å². The molecule has 2 unspecified atom stereocenters. The predicted molar refractivity (Wildman–Crippen MR) is 51.7 cm³/mol. The number of hydrogen-bond donors (Lipinski definition) is 0. The third-order valence-electron chi connectivity index (χ3n) is 5.55. The summed E-state index contributed by atoms with van der Waals surface area (Å²) in [5.74, 6) is 3.11. The molecular weight excluding hydrogens is 170 g/mol. The highest BCUT2D eigenvalue weighted by Crippen LogP contribution is 2.68. The Hall–Kier alpha value is -0.850. The lowest BCUT2D eigenvalue weighted by Gasteiger charge is -2.57. The van der Waals surface area contributed by atoms with Crippen LogP contribution in [0.25, 0.3) is 0 Å². The van der Waals surface area contributed by atoms with E-state index in [4.69, 9.17) is 0 Å².